The number of nitrogens with zero attached hydrogens (tertiary/aromatic N) is 2. The quantitative estimate of drug-likeness (QED) is 0.692. The highest BCUT2D eigenvalue weighted by molar-refractivity contribution is 5.96. The van der Waals surface area contributed by atoms with Crippen molar-refractivity contribution < 1.29 is 14.6 Å². The van der Waals surface area contributed by atoms with Crippen LogP contribution in [0.5, 0.6) is 5.75 Å². The van der Waals surface area contributed by atoms with E-state index in [1.54, 1.807) is 19.2 Å². The standard InChI is InChI=1S/C18H14N2O3/c1-23-17-11-10-16(14-4-2-3-5-15(14)17)20-19-13-8-6-12(7-9-13)18(21)22/h2-11H,1H3,(H,21,22). The van der Waals surface area contributed by atoms with Crippen LogP contribution >= 0.6 is 0 Å². The van der Waals surface area contributed by atoms with Crippen molar-refractivity contribution in [1.82, 2.24) is 0 Å². The number of aromatic carboxylic acids is 1. The number of carbonyl (C=O) groups is 1. The van der Waals surface area contributed by atoms with Gasteiger partial charge in [0.2, 0.25) is 0 Å². The molecule has 0 amide bonds. The number of azo groups is 1. The molecule has 5 nitrogen and oxygen atoms in total. The molecule has 0 unspecified atom stereocenters. The zero-order valence-electron chi connectivity index (χ0n) is 12.4. The molecule has 3 rings (SSSR count). The molecule has 0 saturated heterocycles. The summed E-state index contributed by atoms with van der Waals surface area (Å²) < 4.78 is 5.35. The van der Waals surface area contributed by atoms with Crippen molar-refractivity contribution in [1.29, 1.82) is 0 Å². The van der Waals surface area contributed by atoms with Gasteiger partial charge >= 0.3 is 5.97 Å². The van der Waals surface area contributed by atoms with Gasteiger partial charge in [-0.25, -0.2) is 4.79 Å². The van der Waals surface area contributed by atoms with Crippen molar-refractivity contribution in [3.63, 3.8) is 0 Å². The second-order valence-electron chi connectivity index (χ2n) is 4.88. The van der Waals surface area contributed by atoms with Gasteiger partial charge in [-0.2, -0.15) is 5.11 Å². The van der Waals surface area contributed by atoms with Crippen LogP contribution in [0.1, 0.15) is 10.4 Å². The summed E-state index contributed by atoms with van der Waals surface area (Å²) >= 11 is 0. The average molecular weight is 306 g/mol. The highest BCUT2D eigenvalue weighted by Gasteiger charge is 2.05. The van der Waals surface area contributed by atoms with E-state index in [4.69, 9.17) is 9.84 Å². The summed E-state index contributed by atoms with van der Waals surface area (Å²) in [5.74, 6) is -0.181. The number of benzene rings is 3. The van der Waals surface area contributed by atoms with E-state index in [9.17, 15) is 4.79 Å². The van der Waals surface area contributed by atoms with Gasteiger partial charge in [0.1, 0.15) is 5.75 Å². The maximum atomic E-state index is 10.8. The molecule has 0 bridgehead atoms. The highest BCUT2D eigenvalue weighted by Crippen LogP contribution is 2.33. The zero-order valence-corrected chi connectivity index (χ0v) is 12.4. The molecule has 0 heterocycles. The molecule has 0 aliphatic heterocycles. The van der Waals surface area contributed by atoms with Crippen LogP contribution in [0.3, 0.4) is 0 Å². The number of carboxylic acids is 1. The molecule has 0 saturated carbocycles. The van der Waals surface area contributed by atoms with E-state index in [1.165, 1.54) is 12.1 Å². The number of rotatable bonds is 4. The molecule has 0 radical (unpaired) electrons. The van der Waals surface area contributed by atoms with Gasteiger partial charge in [-0.1, -0.05) is 24.3 Å². The number of hydrogen-bond donors (Lipinski definition) is 1. The Morgan fingerprint density at radius 2 is 1.61 bits per heavy atom. The smallest absolute Gasteiger partial charge is 0.335 e. The molecule has 3 aromatic rings. The molecule has 0 aliphatic rings. The van der Waals surface area contributed by atoms with E-state index in [0.717, 1.165) is 22.2 Å². The lowest BCUT2D eigenvalue weighted by Gasteiger charge is -2.06. The first-order valence-corrected chi connectivity index (χ1v) is 7.00. The third-order valence-corrected chi connectivity index (χ3v) is 3.47. The number of ether oxygens (including phenoxy) is 1. The van der Waals surface area contributed by atoms with Gasteiger partial charge in [-0.15, -0.1) is 5.11 Å². The molecular formula is C18H14N2O3. The topological polar surface area (TPSA) is 71.2 Å². The average Bonchev–Trinajstić information content (AvgIpc) is 2.60. The summed E-state index contributed by atoms with van der Waals surface area (Å²) in [7, 11) is 1.63. The summed E-state index contributed by atoms with van der Waals surface area (Å²) in [6.45, 7) is 0. The van der Waals surface area contributed by atoms with Crippen LogP contribution in [0.4, 0.5) is 11.4 Å². The Bertz CT molecular complexity index is 886. The lowest BCUT2D eigenvalue weighted by molar-refractivity contribution is 0.0697. The fourth-order valence-electron chi connectivity index (χ4n) is 2.30. The van der Waals surface area contributed by atoms with E-state index >= 15 is 0 Å². The van der Waals surface area contributed by atoms with Crippen LogP contribution in [0.15, 0.2) is 70.9 Å². The second kappa shape index (κ2) is 6.27. The third kappa shape index (κ3) is 3.03. The number of hydrogen-bond acceptors (Lipinski definition) is 4. The van der Waals surface area contributed by atoms with Crippen LogP contribution in [-0.4, -0.2) is 18.2 Å². The van der Waals surface area contributed by atoms with Crippen LogP contribution in [0, 0.1) is 0 Å². The minimum atomic E-state index is -0.963. The van der Waals surface area contributed by atoms with Crippen molar-refractivity contribution in [2.45, 2.75) is 0 Å². The van der Waals surface area contributed by atoms with Crippen molar-refractivity contribution >= 4 is 28.1 Å². The first kappa shape index (κ1) is 14.7. The number of carboxylic acid groups (broad SMARTS) is 1. The van der Waals surface area contributed by atoms with Crippen LogP contribution in [-0.2, 0) is 0 Å². The highest BCUT2D eigenvalue weighted by atomic mass is 16.5. The predicted octanol–water partition coefficient (Wildman–Crippen LogP) is 4.96. The van der Waals surface area contributed by atoms with E-state index in [2.05, 4.69) is 10.2 Å². The van der Waals surface area contributed by atoms with E-state index in [-0.39, 0.29) is 5.56 Å². The first-order chi connectivity index (χ1) is 11.2. The predicted molar refractivity (Wildman–Crippen MR) is 88.1 cm³/mol. The summed E-state index contributed by atoms with van der Waals surface area (Å²) in [5, 5.41) is 19.2. The Morgan fingerprint density at radius 3 is 2.26 bits per heavy atom. The summed E-state index contributed by atoms with van der Waals surface area (Å²) in [4.78, 5) is 10.8. The Kier molecular flexibility index (Phi) is 4.01. The van der Waals surface area contributed by atoms with Crippen molar-refractivity contribution in [2.24, 2.45) is 10.2 Å². The molecule has 0 aromatic heterocycles. The Morgan fingerprint density at radius 1 is 0.913 bits per heavy atom. The molecule has 0 fully saturated rings. The summed E-state index contributed by atoms with van der Waals surface area (Å²) in [5.41, 5.74) is 1.54. The van der Waals surface area contributed by atoms with Gasteiger partial charge in [0, 0.05) is 10.8 Å². The zero-order chi connectivity index (χ0) is 16.2. The molecule has 0 aliphatic carbocycles. The lowest BCUT2D eigenvalue weighted by atomic mass is 10.1. The van der Waals surface area contributed by atoms with Crippen molar-refractivity contribution in [3.8, 4) is 5.75 Å². The van der Waals surface area contributed by atoms with Gasteiger partial charge in [-0.3, -0.25) is 0 Å². The van der Waals surface area contributed by atoms with Crippen LogP contribution in [0.25, 0.3) is 10.8 Å². The van der Waals surface area contributed by atoms with Gasteiger partial charge in [-0.05, 0) is 36.4 Å². The third-order valence-electron chi connectivity index (χ3n) is 3.47. The fraction of sp³-hybridized carbons (Fsp3) is 0.0556. The first-order valence-electron chi connectivity index (χ1n) is 7.00. The van der Waals surface area contributed by atoms with Crippen LogP contribution < -0.4 is 4.74 Å². The van der Waals surface area contributed by atoms with Crippen LogP contribution in [0.2, 0.25) is 0 Å². The normalized spacial score (nSPS) is 11.0. The molecule has 114 valence electrons. The van der Waals surface area contributed by atoms with E-state index in [1.807, 2.05) is 36.4 Å². The van der Waals surface area contributed by atoms with Gasteiger partial charge in [0.05, 0.1) is 24.0 Å². The maximum Gasteiger partial charge on any atom is 0.335 e. The fourth-order valence-corrected chi connectivity index (χ4v) is 2.30. The van der Waals surface area contributed by atoms with Crippen molar-refractivity contribution in [3.05, 3.63) is 66.2 Å². The minimum absolute atomic E-state index is 0.221. The molecule has 0 spiro atoms. The molecule has 5 heteroatoms. The summed E-state index contributed by atoms with van der Waals surface area (Å²) in [6.07, 6.45) is 0. The molecule has 1 N–H and O–H groups in total. The molecule has 3 aromatic carbocycles. The van der Waals surface area contributed by atoms with Crippen molar-refractivity contribution in [2.75, 3.05) is 7.11 Å². The Labute approximate surface area is 132 Å². The van der Waals surface area contributed by atoms with Gasteiger partial charge < -0.3 is 9.84 Å². The minimum Gasteiger partial charge on any atom is -0.496 e. The lowest BCUT2D eigenvalue weighted by Crippen LogP contribution is -1.93. The number of fused-ring (bicyclic) bond motifs is 1. The van der Waals surface area contributed by atoms with E-state index in [0.29, 0.717) is 5.69 Å². The Hall–Kier alpha value is -3.21. The second-order valence-corrected chi connectivity index (χ2v) is 4.88. The molecule has 0 atom stereocenters. The Balaban J connectivity index is 1.96. The molecule has 23 heavy (non-hydrogen) atoms. The SMILES string of the molecule is COc1ccc(N=Nc2ccc(C(=O)O)cc2)c2ccccc12. The van der Waals surface area contributed by atoms with E-state index < -0.39 is 5.97 Å². The monoisotopic (exact) mass is 306 g/mol. The summed E-state index contributed by atoms with van der Waals surface area (Å²) in [6, 6.07) is 17.7. The maximum absolute atomic E-state index is 10.8. The van der Waals surface area contributed by atoms with Gasteiger partial charge in [0.15, 0.2) is 0 Å². The molecular weight excluding hydrogens is 292 g/mol. The largest absolute Gasteiger partial charge is 0.496 e. The van der Waals surface area contributed by atoms with Gasteiger partial charge in [0.25, 0.3) is 0 Å². The number of methoxy groups -OCH3 is 1.